The molecule has 1 atom stereocenters. The van der Waals surface area contributed by atoms with Crippen LogP contribution in [0.15, 0.2) is 30.3 Å². The summed E-state index contributed by atoms with van der Waals surface area (Å²) in [5, 5.41) is 0. The van der Waals surface area contributed by atoms with Gasteiger partial charge in [-0.15, -0.1) is 0 Å². The highest BCUT2D eigenvalue weighted by Crippen LogP contribution is 2.13. The first-order valence-corrected chi connectivity index (χ1v) is 8.24. The second-order valence-corrected chi connectivity index (χ2v) is 7.22. The van der Waals surface area contributed by atoms with Crippen LogP contribution in [0.1, 0.15) is 12.5 Å². The standard InChI is InChI=1S/C14H18N2O3S/c1-11-10-20(18,19)9-8-16(11)14(17)7-4-12-2-5-13(15)6-3-12/h2-7,11H,8-10,15H2,1H3/b7-4+. The smallest absolute Gasteiger partial charge is 0.246 e. The monoisotopic (exact) mass is 294 g/mol. The van der Waals surface area contributed by atoms with E-state index < -0.39 is 9.84 Å². The number of sulfone groups is 1. The van der Waals surface area contributed by atoms with Crippen LogP contribution in [-0.2, 0) is 14.6 Å². The lowest BCUT2D eigenvalue weighted by atomic mass is 10.2. The van der Waals surface area contributed by atoms with Crippen LogP contribution < -0.4 is 5.73 Å². The van der Waals surface area contributed by atoms with Crippen molar-refractivity contribution in [3.05, 3.63) is 35.9 Å². The number of benzene rings is 1. The molecule has 1 aromatic carbocycles. The molecule has 1 fully saturated rings. The molecule has 0 aromatic heterocycles. The summed E-state index contributed by atoms with van der Waals surface area (Å²) in [6.45, 7) is 2.01. The molecule has 1 amide bonds. The Bertz CT molecular complexity index is 620. The van der Waals surface area contributed by atoms with Gasteiger partial charge in [-0.25, -0.2) is 8.42 Å². The van der Waals surface area contributed by atoms with Crippen LogP contribution in [0.2, 0.25) is 0 Å². The van der Waals surface area contributed by atoms with Crippen molar-refractivity contribution in [2.75, 3.05) is 23.8 Å². The molecule has 0 aliphatic carbocycles. The van der Waals surface area contributed by atoms with Crippen LogP contribution >= 0.6 is 0 Å². The summed E-state index contributed by atoms with van der Waals surface area (Å²) < 4.78 is 22.9. The molecule has 2 N–H and O–H groups in total. The summed E-state index contributed by atoms with van der Waals surface area (Å²) in [4.78, 5) is 13.7. The number of nitrogens with zero attached hydrogens (tertiary/aromatic N) is 1. The number of nitrogen functional groups attached to an aromatic ring is 1. The normalized spacial score (nSPS) is 22.1. The Morgan fingerprint density at radius 1 is 1.35 bits per heavy atom. The van der Waals surface area contributed by atoms with Crippen molar-refractivity contribution in [3.63, 3.8) is 0 Å². The van der Waals surface area contributed by atoms with Gasteiger partial charge < -0.3 is 10.6 Å². The molecule has 0 saturated carbocycles. The maximum Gasteiger partial charge on any atom is 0.246 e. The molecule has 1 heterocycles. The Morgan fingerprint density at radius 3 is 2.60 bits per heavy atom. The van der Waals surface area contributed by atoms with E-state index in [1.807, 2.05) is 12.1 Å². The van der Waals surface area contributed by atoms with E-state index in [0.717, 1.165) is 5.56 Å². The molecule has 6 heteroatoms. The maximum absolute atomic E-state index is 12.1. The summed E-state index contributed by atoms with van der Waals surface area (Å²) in [5.74, 6) is -0.0861. The Hall–Kier alpha value is -1.82. The Kier molecular flexibility index (Phi) is 4.13. The van der Waals surface area contributed by atoms with Crippen molar-refractivity contribution in [2.24, 2.45) is 0 Å². The average Bonchev–Trinajstić information content (AvgIpc) is 2.36. The fourth-order valence-corrected chi connectivity index (χ4v) is 3.75. The average molecular weight is 294 g/mol. The zero-order chi connectivity index (χ0) is 14.8. The van der Waals surface area contributed by atoms with Gasteiger partial charge in [0.2, 0.25) is 5.91 Å². The van der Waals surface area contributed by atoms with Crippen LogP contribution in [0, 0.1) is 0 Å². The number of hydrogen-bond donors (Lipinski definition) is 1. The molecular formula is C14H18N2O3S. The van der Waals surface area contributed by atoms with Gasteiger partial charge in [-0.1, -0.05) is 12.1 Å². The van der Waals surface area contributed by atoms with Gasteiger partial charge in [-0.05, 0) is 30.7 Å². The third-order valence-corrected chi connectivity index (χ3v) is 5.10. The van der Waals surface area contributed by atoms with Crippen molar-refractivity contribution in [3.8, 4) is 0 Å². The maximum atomic E-state index is 12.1. The molecule has 0 bridgehead atoms. The topological polar surface area (TPSA) is 80.5 Å². The minimum atomic E-state index is -3.00. The number of rotatable bonds is 2. The molecule has 5 nitrogen and oxygen atoms in total. The van der Waals surface area contributed by atoms with E-state index in [2.05, 4.69) is 0 Å². The largest absolute Gasteiger partial charge is 0.399 e. The van der Waals surface area contributed by atoms with E-state index in [1.54, 1.807) is 30.0 Å². The van der Waals surface area contributed by atoms with Gasteiger partial charge in [0.1, 0.15) is 0 Å². The summed E-state index contributed by atoms with van der Waals surface area (Å²) in [7, 11) is -3.00. The molecule has 20 heavy (non-hydrogen) atoms. The first-order valence-electron chi connectivity index (χ1n) is 6.42. The first-order chi connectivity index (χ1) is 9.37. The highest BCUT2D eigenvalue weighted by molar-refractivity contribution is 7.91. The minimum absolute atomic E-state index is 0.0362. The lowest BCUT2D eigenvalue weighted by Crippen LogP contribution is -2.49. The lowest BCUT2D eigenvalue weighted by Gasteiger charge is -2.32. The molecule has 0 spiro atoms. The van der Waals surface area contributed by atoms with Crippen LogP contribution in [0.25, 0.3) is 6.08 Å². The number of nitrogens with two attached hydrogens (primary N) is 1. The zero-order valence-electron chi connectivity index (χ0n) is 11.3. The minimum Gasteiger partial charge on any atom is -0.399 e. The van der Waals surface area contributed by atoms with E-state index >= 15 is 0 Å². The molecule has 0 radical (unpaired) electrons. The van der Waals surface area contributed by atoms with Crippen LogP contribution in [0.3, 0.4) is 0 Å². The van der Waals surface area contributed by atoms with E-state index in [9.17, 15) is 13.2 Å². The van der Waals surface area contributed by atoms with Crippen LogP contribution in [0.4, 0.5) is 5.69 Å². The molecule has 2 rings (SSSR count). The summed E-state index contributed by atoms with van der Waals surface area (Å²) in [5.41, 5.74) is 7.14. The Labute approximate surface area is 119 Å². The van der Waals surface area contributed by atoms with Gasteiger partial charge in [0.15, 0.2) is 9.84 Å². The first kappa shape index (κ1) is 14.6. The van der Waals surface area contributed by atoms with Gasteiger partial charge in [0, 0.05) is 24.4 Å². The quantitative estimate of drug-likeness (QED) is 0.650. The molecule has 1 aliphatic rings. The van der Waals surface area contributed by atoms with E-state index in [-0.39, 0.29) is 30.0 Å². The van der Waals surface area contributed by atoms with E-state index in [0.29, 0.717) is 5.69 Å². The molecule has 1 aromatic rings. The molecule has 1 saturated heterocycles. The number of amides is 1. The van der Waals surface area contributed by atoms with Crippen molar-refractivity contribution >= 4 is 27.5 Å². The summed E-state index contributed by atoms with van der Waals surface area (Å²) in [6, 6.07) is 6.89. The molecule has 108 valence electrons. The third kappa shape index (κ3) is 3.60. The Morgan fingerprint density at radius 2 is 2.00 bits per heavy atom. The molecule has 1 aliphatic heterocycles. The van der Waals surface area contributed by atoms with Crippen LogP contribution in [0.5, 0.6) is 0 Å². The van der Waals surface area contributed by atoms with E-state index in [4.69, 9.17) is 5.73 Å². The Balaban J connectivity index is 2.03. The van der Waals surface area contributed by atoms with Crippen molar-refractivity contribution < 1.29 is 13.2 Å². The fourth-order valence-electron chi connectivity index (χ4n) is 2.20. The number of carbonyl (C=O) groups excluding carboxylic acids is 1. The van der Waals surface area contributed by atoms with Crippen molar-refractivity contribution in [2.45, 2.75) is 13.0 Å². The number of hydrogen-bond acceptors (Lipinski definition) is 4. The fraction of sp³-hybridized carbons (Fsp3) is 0.357. The highest BCUT2D eigenvalue weighted by atomic mass is 32.2. The summed E-state index contributed by atoms with van der Waals surface area (Å²) in [6.07, 6.45) is 3.18. The third-order valence-electron chi connectivity index (χ3n) is 3.31. The van der Waals surface area contributed by atoms with E-state index in [1.165, 1.54) is 6.08 Å². The predicted octanol–water partition coefficient (Wildman–Crippen LogP) is 0.927. The summed E-state index contributed by atoms with van der Waals surface area (Å²) >= 11 is 0. The van der Waals surface area contributed by atoms with Crippen LogP contribution in [-0.4, -0.2) is 43.3 Å². The lowest BCUT2D eigenvalue weighted by molar-refractivity contribution is -0.127. The van der Waals surface area contributed by atoms with Gasteiger partial charge >= 0.3 is 0 Å². The highest BCUT2D eigenvalue weighted by Gasteiger charge is 2.29. The zero-order valence-corrected chi connectivity index (χ0v) is 12.1. The second-order valence-electron chi connectivity index (χ2n) is 5.00. The van der Waals surface area contributed by atoms with Gasteiger partial charge in [0.25, 0.3) is 0 Å². The SMILES string of the molecule is CC1CS(=O)(=O)CCN1C(=O)/C=C/c1ccc(N)cc1. The van der Waals surface area contributed by atoms with Gasteiger partial charge in [-0.3, -0.25) is 4.79 Å². The predicted molar refractivity (Wildman–Crippen MR) is 79.7 cm³/mol. The number of carbonyl (C=O) groups is 1. The van der Waals surface area contributed by atoms with Crippen molar-refractivity contribution in [1.82, 2.24) is 4.90 Å². The van der Waals surface area contributed by atoms with Gasteiger partial charge in [-0.2, -0.15) is 0 Å². The number of anilines is 1. The molecule has 1 unspecified atom stereocenters. The van der Waals surface area contributed by atoms with Crippen molar-refractivity contribution in [1.29, 1.82) is 0 Å². The molecular weight excluding hydrogens is 276 g/mol. The second kappa shape index (κ2) is 5.66. The van der Waals surface area contributed by atoms with Gasteiger partial charge in [0.05, 0.1) is 11.5 Å².